The van der Waals surface area contributed by atoms with Gasteiger partial charge in [-0.2, -0.15) is 0 Å². The van der Waals surface area contributed by atoms with Gasteiger partial charge in [-0.15, -0.1) is 0 Å². The molecule has 29 heavy (non-hydrogen) atoms. The third-order valence-electron chi connectivity index (χ3n) is 4.42. The van der Waals surface area contributed by atoms with E-state index in [9.17, 15) is 4.39 Å². The fourth-order valence-electron chi connectivity index (χ4n) is 2.97. The highest BCUT2D eigenvalue weighted by molar-refractivity contribution is 5.83. The molecule has 4 rings (SSSR count). The number of hydrogen-bond donors (Lipinski definition) is 3. The molecule has 0 aliphatic carbocycles. The molecule has 8 nitrogen and oxygen atoms in total. The van der Waals surface area contributed by atoms with Gasteiger partial charge < -0.3 is 20.0 Å². The zero-order valence-electron chi connectivity index (χ0n) is 16.1. The van der Waals surface area contributed by atoms with Crippen LogP contribution in [0.3, 0.4) is 0 Å². The molecular formula is C20H22FN7O. The Morgan fingerprint density at radius 1 is 1.10 bits per heavy atom. The summed E-state index contributed by atoms with van der Waals surface area (Å²) in [4.78, 5) is 20.4. The van der Waals surface area contributed by atoms with Crippen LogP contribution in [0, 0.1) is 12.7 Å². The summed E-state index contributed by atoms with van der Waals surface area (Å²) in [6.45, 7) is 3.76. The molecule has 0 saturated carbocycles. The lowest BCUT2D eigenvalue weighted by Gasteiger charge is -2.05. The highest BCUT2D eigenvalue weighted by Crippen LogP contribution is 2.22. The van der Waals surface area contributed by atoms with Crippen molar-refractivity contribution in [2.45, 2.75) is 26.3 Å². The van der Waals surface area contributed by atoms with E-state index in [2.05, 4.69) is 35.6 Å². The van der Waals surface area contributed by atoms with Gasteiger partial charge in [0.15, 0.2) is 22.8 Å². The van der Waals surface area contributed by atoms with Gasteiger partial charge in [-0.1, -0.05) is 0 Å². The molecule has 0 atom stereocenters. The largest absolute Gasteiger partial charge is 0.440 e. The number of hydrogen-bond acceptors (Lipinski definition) is 7. The first kappa shape index (κ1) is 19.0. The summed E-state index contributed by atoms with van der Waals surface area (Å²) in [7, 11) is 0. The number of fused-ring (bicyclic) bond motifs is 1. The smallest absolute Gasteiger partial charge is 0.196 e. The first-order chi connectivity index (χ1) is 14.2. The number of halogens is 1. The number of aromatic nitrogens is 5. The Kier molecular flexibility index (Phi) is 5.76. The summed E-state index contributed by atoms with van der Waals surface area (Å²) in [5.74, 6) is 1.79. The van der Waals surface area contributed by atoms with Gasteiger partial charge in [-0.3, -0.25) is 4.98 Å². The Morgan fingerprint density at radius 3 is 2.83 bits per heavy atom. The van der Waals surface area contributed by atoms with E-state index in [1.54, 1.807) is 24.5 Å². The summed E-state index contributed by atoms with van der Waals surface area (Å²) in [5, 5.41) is 6.45. The van der Waals surface area contributed by atoms with Gasteiger partial charge in [-0.25, -0.2) is 19.3 Å². The molecule has 0 unspecified atom stereocenters. The monoisotopic (exact) mass is 395 g/mol. The molecule has 0 bridgehead atoms. The van der Waals surface area contributed by atoms with Crippen molar-refractivity contribution in [3.63, 3.8) is 0 Å². The molecule has 0 saturated heterocycles. The quantitative estimate of drug-likeness (QED) is 0.374. The van der Waals surface area contributed by atoms with Crippen LogP contribution < -0.4 is 10.6 Å². The normalized spacial score (nSPS) is 11.2. The number of anilines is 1. The molecule has 0 amide bonds. The van der Waals surface area contributed by atoms with Crippen molar-refractivity contribution < 1.29 is 8.81 Å². The first-order valence-corrected chi connectivity index (χ1v) is 9.48. The molecule has 150 valence electrons. The van der Waals surface area contributed by atoms with E-state index in [1.807, 2.05) is 13.1 Å². The van der Waals surface area contributed by atoms with Crippen LogP contribution in [0.2, 0.25) is 0 Å². The van der Waals surface area contributed by atoms with Crippen molar-refractivity contribution in [2.75, 3.05) is 18.4 Å². The average molecular weight is 395 g/mol. The Hall–Kier alpha value is -3.33. The van der Waals surface area contributed by atoms with Gasteiger partial charge in [0.25, 0.3) is 0 Å². The molecule has 0 radical (unpaired) electrons. The number of H-pyrrole nitrogens is 1. The fourth-order valence-corrected chi connectivity index (χ4v) is 2.97. The average Bonchev–Trinajstić information content (AvgIpc) is 3.33. The molecule has 0 aromatic carbocycles. The second-order valence-corrected chi connectivity index (χ2v) is 6.66. The molecule has 4 aromatic rings. The Labute approximate surface area is 167 Å². The number of pyridine rings is 2. The first-order valence-electron chi connectivity index (χ1n) is 9.48. The van der Waals surface area contributed by atoms with Crippen molar-refractivity contribution in [2.24, 2.45) is 0 Å². The number of aryl methyl sites for hydroxylation is 1. The van der Waals surface area contributed by atoms with Crippen LogP contribution in [-0.4, -0.2) is 38.0 Å². The second-order valence-electron chi connectivity index (χ2n) is 6.66. The van der Waals surface area contributed by atoms with Crippen LogP contribution in [0.5, 0.6) is 0 Å². The zero-order valence-corrected chi connectivity index (χ0v) is 16.1. The third kappa shape index (κ3) is 4.75. The van der Waals surface area contributed by atoms with Crippen LogP contribution in [0.15, 0.2) is 41.2 Å². The minimum Gasteiger partial charge on any atom is -0.440 e. The van der Waals surface area contributed by atoms with Gasteiger partial charge in [0.1, 0.15) is 11.6 Å². The summed E-state index contributed by atoms with van der Waals surface area (Å²) in [6, 6.07) is 4.71. The van der Waals surface area contributed by atoms with Gasteiger partial charge >= 0.3 is 0 Å². The summed E-state index contributed by atoms with van der Waals surface area (Å²) >= 11 is 0. The molecule has 4 heterocycles. The molecule has 0 fully saturated rings. The van der Waals surface area contributed by atoms with Gasteiger partial charge in [0.2, 0.25) is 0 Å². The van der Waals surface area contributed by atoms with Crippen LogP contribution in [0.25, 0.3) is 11.1 Å². The maximum absolute atomic E-state index is 13.8. The zero-order chi connectivity index (χ0) is 20.1. The maximum Gasteiger partial charge on any atom is 0.196 e. The topological polar surface area (TPSA) is 105 Å². The predicted molar refractivity (Wildman–Crippen MR) is 107 cm³/mol. The molecule has 0 aliphatic rings. The van der Waals surface area contributed by atoms with Crippen molar-refractivity contribution in [1.82, 2.24) is 30.2 Å². The molecular weight excluding hydrogens is 373 g/mol. The van der Waals surface area contributed by atoms with Crippen molar-refractivity contribution in [1.29, 1.82) is 0 Å². The van der Waals surface area contributed by atoms with Crippen LogP contribution in [-0.2, 0) is 19.4 Å². The summed E-state index contributed by atoms with van der Waals surface area (Å²) in [5.41, 5.74) is 2.66. The van der Waals surface area contributed by atoms with Crippen LogP contribution in [0.1, 0.15) is 23.1 Å². The number of rotatable bonds is 9. The fraction of sp³-hybridized carbons (Fsp3) is 0.300. The van der Waals surface area contributed by atoms with Gasteiger partial charge in [-0.05, 0) is 19.1 Å². The van der Waals surface area contributed by atoms with Crippen LogP contribution >= 0.6 is 0 Å². The van der Waals surface area contributed by atoms with E-state index in [0.717, 1.165) is 31.0 Å². The lowest BCUT2D eigenvalue weighted by molar-refractivity contribution is 0.514. The van der Waals surface area contributed by atoms with E-state index in [-0.39, 0.29) is 12.4 Å². The van der Waals surface area contributed by atoms with Crippen LogP contribution in [0.4, 0.5) is 10.2 Å². The Balaban J connectivity index is 1.32. The van der Waals surface area contributed by atoms with Crippen molar-refractivity contribution in [3.05, 3.63) is 65.7 Å². The number of imidazole rings is 1. The Morgan fingerprint density at radius 2 is 2.00 bits per heavy atom. The summed E-state index contributed by atoms with van der Waals surface area (Å²) < 4.78 is 19.6. The second kappa shape index (κ2) is 8.78. The van der Waals surface area contributed by atoms with E-state index >= 15 is 0 Å². The lowest BCUT2D eigenvalue weighted by Crippen LogP contribution is -2.20. The van der Waals surface area contributed by atoms with Crippen molar-refractivity contribution in [3.8, 4) is 0 Å². The highest BCUT2D eigenvalue weighted by Gasteiger charge is 2.12. The molecule has 4 aromatic heterocycles. The SMILES string of the molecule is Cc1cnc(CCNCCc2nc3c(NCc4ncccc4F)nccc3o2)[nH]1. The Bertz CT molecular complexity index is 1090. The maximum atomic E-state index is 13.8. The number of nitrogens with zero attached hydrogens (tertiary/aromatic N) is 4. The van der Waals surface area contributed by atoms with Gasteiger partial charge in [0, 0.05) is 56.3 Å². The molecule has 0 spiro atoms. The molecule has 9 heteroatoms. The minimum absolute atomic E-state index is 0.217. The van der Waals surface area contributed by atoms with E-state index in [0.29, 0.717) is 34.9 Å². The standard InChI is InChI=1S/C20H22FN7O/c1-13-11-25-17(27-13)5-8-22-9-6-18-28-19-16(29-18)4-10-24-20(19)26-12-15-14(21)3-2-7-23-15/h2-4,7,10-11,22H,5-6,8-9,12H2,1H3,(H,24,26)(H,25,27). The molecule has 3 N–H and O–H groups in total. The highest BCUT2D eigenvalue weighted by atomic mass is 19.1. The number of aromatic amines is 1. The molecule has 0 aliphatic heterocycles. The lowest BCUT2D eigenvalue weighted by atomic mass is 10.3. The minimum atomic E-state index is -0.358. The number of oxazole rings is 1. The van der Waals surface area contributed by atoms with E-state index < -0.39 is 0 Å². The number of nitrogens with one attached hydrogen (secondary N) is 3. The van der Waals surface area contributed by atoms with E-state index in [1.165, 1.54) is 6.07 Å². The third-order valence-corrected chi connectivity index (χ3v) is 4.42. The van der Waals surface area contributed by atoms with E-state index in [4.69, 9.17) is 4.42 Å². The predicted octanol–water partition coefficient (Wildman–Crippen LogP) is 2.78. The van der Waals surface area contributed by atoms with Crippen molar-refractivity contribution >= 4 is 16.9 Å². The summed E-state index contributed by atoms with van der Waals surface area (Å²) in [6.07, 6.45) is 6.51. The van der Waals surface area contributed by atoms with Gasteiger partial charge in [0.05, 0.1) is 12.2 Å².